The molecule has 0 aliphatic rings. The van der Waals surface area contributed by atoms with Crippen molar-refractivity contribution in [1.29, 1.82) is 0 Å². The summed E-state index contributed by atoms with van der Waals surface area (Å²) in [6, 6.07) is 7.10. The first-order chi connectivity index (χ1) is 14.3. The fourth-order valence-corrected chi connectivity index (χ4v) is 4.28. The standard InChI is InChI=1S/C26H44O3S/c1-5-6-7-8-9-10-11-12-13-14-15-20-26(25(2,3)4,29-24(28)21-30)22-16-18-23(27)19-17-22/h16-19,27,30H,5-15,20-21H2,1-4H3. The number of phenolic OH excluding ortho intramolecular Hbond substituents is 1. The molecule has 1 N–H and O–H groups in total. The zero-order valence-electron chi connectivity index (χ0n) is 19.7. The predicted octanol–water partition coefficient (Wildman–Crippen LogP) is 7.81. The van der Waals surface area contributed by atoms with Gasteiger partial charge in [0, 0.05) is 5.41 Å². The van der Waals surface area contributed by atoms with Gasteiger partial charge in [-0.25, -0.2) is 0 Å². The first kappa shape index (κ1) is 26.9. The van der Waals surface area contributed by atoms with E-state index in [0.717, 1.165) is 24.8 Å². The highest BCUT2D eigenvalue weighted by atomic mass is 32.1. The van der Waals surface area contributed by atoms with Crippen molar-refractivity contribution < 1.29 is 14.6 Å². The van der Waals surface area contributed by atoms with Crippen LogP contribution in [-0.2, 0) is 15.1 Å². The number of hydrogen-bond donors (Lipinski definition) is 2. The van der Waals surface area contributed by atoms with E-state index in [2.05, 4.69) is 40.3 Å². The summed E-state index contributed by atoms with van der Waals surface area (Å²) in [7, 11) is 0. The van der Waals surface area contributed by atoms with Crippen LogP contribution in [0.4, 0.5) is 0 Å². The van der Waals surface area contributed by atoms with Gasteiger partial charge in [0.15, 0.2) is 0 Å². The molecule has 0 saturated heterocycles. The highest BCUT2D eigenvalue weighted by Gasteiger charge is 2.46. The van der Waals surface area contributed by atoms with E-state index in [0.29, 0.717) is 0 Å². The fraction of sp³-hybridized carbons (Fsp3) is 0.731. The Hall–Kier alpha value is -1.16. The molecule has 0 bridgehead atoms. The van der Waals surface area contributed by atoms with Crippen molar-refractivity contribution in [3.05, 3.63) is 29.8 Å². The molecule has 0 amide bonds. The van der Waals surface area contributed by atoms with Crippen LogP contribution in [-0.4, -0.2) is 16.8 Å². The highest BCUT2D eigenvalue weighted by Crippen LogP contribution is 2.47. The Labute approximate surface area is 190 Å². The summed E-state index contributed by atoms with van der Waals surface area (Å²) in [5, 5.41) is 9.71. The second-order valence-corrected chi connectivity index (χ2v) is 9.86. The summed E-state index contributed by atoms with van der Waals surface area (Å²) < 4.78 is 6.07. The molecule has 1 rings (SSSR count). The number of carbonyl (C=O) groups is 1. The molecule has 1 aromatic rings. The molecule has 0 saturated carbocycles. The first-order valence-electron chi connectivity index (χ1n) is 11.9. The van der Waals surface area contributed by atoms with E-state index in [4.69, 9.17) is 4.74 Å². The van der Waals surface area contributed by atoms with E-state index < -0.39 is 5.60 Å². The largest absolute Gasteiger partial charge is 0.508 e. The zero-order valence-corrected chi connectivity index (χ0v) is 20.6. The van der Waals surface area contributed by atoms with E-state index >= 15 is 0 Å². The predicted molar refractivity (Wildman–Crippen MR) is 130 cm³/mol. The molecule has 0 radical (unpaired) electrons. The lowest BCUT2D eigenvalue weighted by Crippen LogP contribution is -2.44. The molecule has 0 aliphatic heterocycles. The number of benzene rings is 1. The molecule has 0 heterocycles. The van der Waals surface area contributed by atoms with Crippen LogP contribution in [0.5, 0.6) is 5.75 Å². The monoisotopic (exact) mass is 436 g/mol. The summed E-state index contributed by atoms with van der Waals surface area (Å²) >= 11 is 4.12. The Morgan fingerprint density at radius 1 is 0.867 bits per heavy atom. The number of rotatable bonds is 15. The van der Waals surface area contributed by atoms with Crippen molar-refractivity contribution >= 4 is 18.6 Å². The van der Waals surface area contributed by atoms with Gasteiger partial charge >= 0.3 is 5.97 Å². The van der Waals surface area contributed by atoms with Crippen LogP contribution in [0.25, 0.3) is 0 Å². The molecule has 0 aromatic heterocycles. The lowest BCUT2D eigenvalue weighted by Gasteiger charge is -2.44. The van der Waals surface area contributed by atoms with Crippen LogP contribution in [0.2, 0.25) is 0 Å². The second kappa shape index (κ2) is 14.0. The van der Waals surface area contributed by atoms with Gasteiger partial charge in [-0.1, -0.05) is 104 Å². The van der Waals surface area contributed by atoms with Gasteiger partial charge in [-0.15, -0.1) is 0 Å². The van der Waals surface area contributed by atoms with E-state index in [-0.39, 0.29) is 22.9 Å². The molecule has 4 heteroatoms. The summed E-state index contributed by atoms with van der Waals surface area (Å²) in [5.41, 5.74) is -0.0593. The number of unbranched alkanes of at least 4 members (excludes halogenated alkanes) is 10. The van der Waals surface area contributed by atoms with Crippen molar-refractivity contribution in [2.24, 2.45) is 5.41 Å². The molecular formula is C26H44O3S. The summed E-state index contributed by atoms with van der Waals surface area (Å²) in [6.45, 7) is 8.61. The number of aromatic hydroxyl groups is 1. The lowest BCUT2D eigenvalue weighted by molar-refractivity contribution is -0.175. The topological polar surface area (TPSA) is 46.5 Å². The minimum atomic E-state index is -0.722. The number of phenols is 1. The van der Waals surface area contributed by atoms with E-state index in [1.807, 2.05) is 12.1 Å². The number of ether oxygens (including phenoxy) is 1. The summed E-state index contributed by atoms with van der Waals surface area (Å²) in [6.07, 6.45) is 14.9. The van der Waals surface area contributed by atoms with E-state index in [1.165, 1.54) is 57.8 Å². The van der Waals surface area contributed by atoms with Gasteiger partial charge in [0.2, 0.25) is 0 Å². The van der Waals surface area contributed by atoms with Crippen molar-refractivity contribution in [3.63, 3.8) is 0 Å². The normalized spacial score (nSPS) is 13.8. The van der Waals surface area contributed by atoms with Crippen molar-refractivity contribution in [2.45, 2.75) is 110 Å². The molecule has 0 fully saturated rings. The molecular weight excluding hydrogens is 392 g/mol. The third-order valence-electron chi connectivity index (χ3n) is 6.09. The molecule has 1 unspecified atom stereocenters. The molecule has 30 heavy (non-hydrogen) atoms. The van der Waals surface area contributed by atoms with Gasteiger partial charge in [-0.05, 0) is 30.5 Å². The van der Waals surface area contributed by atoms with Crippen LogP contribution < -0.4 is 0 Å². The maximum absolute atomic E-state index is 12.3. The first-order valence-corrected chi connectivity index (χ1v) is 12.5. The van der Waals surface area contributed by atoms with Crippen LogP contribution >= 0.6 is 12.6 Å². The summed E-state index contributed by atoms with van der Waals surface area (Å²) in [5.74, 6) is -0.0186. The van der Waals surface area contributed by atoms with Crippen LogP contribution in [0.3, 0.4) is 0 Å². The Kier molecular flexibility index (Phi) is 12.5. The Balaban J connectivity index is 2.62. The SMILES string of the molecule is CCCCCCCCCCCCCC(OC(=O)CS)(c1ccc(O)cc1)C(C)(C)C. The third-order valence-corrected chi connectivity index (χ3v) is 6.35. The second-order valence-electron chi connectivity index (χ2n) is 9.54. The smallest absolute Gasteiger partial charge is 0.316 e. The van der Waals surface area contributed by atoms with Gasteiger partial charge < -0.3 is 9.84 Å². The van der Waals surface area contributed by atoms with Crippen molar-refractivity contribution in [3.8, 4) is 5.75 Å². The Bertz CT molecular complexity index is 591. The Morgan fingerprint density at radius 3 is 1.77 bits per heavy atom. The average Bonchev–Trinajstić information content (AvgIpc) is 2.70. The molecule has 0 aliphatic carbocycles. The molecule has 172 valence electrons. The maximum atomic E-state index is 12.3. The highest BCUT2D eigenvalue weighted by molar-refractivity contribution is 7.81. The number of esters is 1. The molecule has 1 atom stereocenters. The summed E-state index contributed by atoms with van der Waals surface area (Å²) in [4.78, 5) is 12.3. The van der Waals surface area contributed by atoms with Gasteiger partial charge in [0.05, 0.1) is 5.75 Å². The molecule has 0 spiro atoms. The Morgan fingerprint density at radius 2 is 1.33 bits per heavy atom. The number of hydrogen-bond acceptors (Lipinski definition) is 4. The van der Waals surface area contributed by atoms with Crippen molar-refractivity contribution in [2.75, 3.05) is 5.75 Å². The third kappa shape index (κ3) is 8.91. The number of carbonyl (C=O) groups excluding carboxylic acids is 1. The minimum Gasteiger partial charge on any atom is -0.508 e. The van der Waals surface area contributed by atoms with Crippen LogP contribution in [0.1, 0.15) is 110 Å². The quantitative estimate of drug-likeness (QED) is 0.167. The number of thiol groups is 1. The van der Waals surface area contributed by atoms with Crippen LogP contribution in [0.15, 0.2) is 24.3 Å². The van der Waals surface area contributed by atoms with Crippen LogP contribution in [0, 0.1) is 5.41 Å². The maximum Gasteiger partial charge on any atom is 0.316 e. The zero-order chi connectivity index (χ0) is 22.5. The van der Waals surface area contributed by atoms with Gasteiger partial charge in [-0.2, -0.15) is 12.6 Å². The fourth-order valence-electron chi connectivity index (χ4n) is 4.21. The van der Waals surface area contributed by atoms with Gasteiger partial charge in [-0.3, -0.25) is 4.79 Å². The lowest BCUT2D eigenvalue weighted by atomic mass is 9.69. The van der Waals surface area contributed by atoms with E-state index in [9.17, 15) is 9.90 Å². The van der Waals surface area contributed by atoms with Crippen molar-refractivity contribution in [1.82, 2.24) is 0 Å². The van der Waals surface area contributed by atoms with Gasteiger partial charge in [0.1, 0.15) is 11.4 Å². The minimum absolute atomic E-state index is 0.0637. The average molecular weight is 437 g/mol. The molecule has 3 nitrogen and oxygen atoms in total. The van der Waals surface area contributed by atoms with Gasteiger partial charge in [0.25, 0.3) is 0 Å². The van der Waals surface area contributed by atoms with E-state index in [1.54, 1.807) is 12.1 Å². The molecule has 1 aromatic carbocycles.